The summed E-state index contributed by atoms with van der Waals surface area (Å²) in [6, 6.07) is 19.9. The van der Waals surface area contributed by atoms with Gasteiger partial charge in [0, 0.05) is 0 Å². The maximum Gasteiger partial charge on any atom is 0.114 e. The van der Waals surface area contributed by atoms with E-state index in [1.54, 1.807) is 0 Å². The summed E-state index contributed by atoms with van der Waals surface area (Å²) in [6.45, 7) is 1.69. The first kappa shape index (κ1) is 16.1. The minimum absolute atomic E-state index is 0.238. The maximum atomic E-state index is 10.0. The molecule has 0 aliphatic carbocycles. The number of aliphatic hydroxyl groups excluding tert-OH is 1. The molecule has 4 heteroatoms. The molecule has 4 nitrogen and oxygen atoms in total. The Morgan fingerprint density at radius 2 is 1.52 bits per heavy atom. The van der Waals surface area contributed by atoms with Gasteiger partial charge in [0.1, 0.15) is 18.3 Å². The highest BCUT2D eigenvalue weighted by molar-refractivity contribution is 5.14. The molecule has 1 heterocycles. The smallest absolute Gasteiger partial charge is 0.114 e. The fraction of sp³-hybridized carbons (Fsp3) is 0.368. The van der Waals surface area contributed by atoms with Crippen LogP contribution in [-0.4, -0.2) is 36.6 Å². The van der Waals surface area contributed by atoms with Crippen LogP contribution in [0.15, 0.2) is 60.7 Å². The molecule has 0 bridgehead atoms. The van der Waals surface area contributed by atoms with Crippen molar-refractivity contribution in [1.29, 1.82) is 0 Å². The van der Waals surface area contributed by atoms with Gasteiger partial charge in [-0.3, -0.25) is 0 Å². The van der Waals surface area contributed by atoms with Crippen molar-refractivity contribution in [2.45, 2.75) is 31.5 Å². The summed E-state index contributed by atoms with van der Waals surface area (Å²) in [5.74, 6) is 0. The Morgan fingerprint density at radius 3 is 2.17 bits per heavy atom. The molecule has 1 aliphatic heterocycles. The molecule has 0 radical (unpaired) electrons. The first-order chi connectivity index (χ1) is 11.3. The highest BCUT2D eigenvalue weighted by Crippen LogP contribution is 2.20. The Balaban J connectivity index is 1.48. The van der Waals surface area contributed by atoms with Crippen molar-refractivity contribution in [3.63, 3.8) is 0 Å². The van der Waals surface area contributed by atoms with Crippen molar-refractivity contribution < 1.29 is 19.3 Å². The van der Waals surface area contributed by atoms with E-state index in [1.807, 2.05) is 60.7 Å². The van der Waals surface area contributed by atoms with Gasteiger partial charge in [-0.25, -0.2) is 0 Å². The third kappa shape index (κ3) is 4.62. The van der Waals surface area contributed by atoms with Crippen molar-refractivity contribution in [2.24, 2.45) is 0 Å². The Hall–Kier alpha value is -1.72. The normalized spacial score (nSPS) is 24.0. The van der Waals surface area contributed by atoms with Crippen LogP contribution in [0.3, 0.4) is 0 Å². The van der Waals surface area contributed by atoms with Crippen LogP contribution < -0.4 is 0 Å². The zero-order valence-corrected chi connectivity index (χ0v) is 13.0. The first-order valence-electron chi connectivity index (χ1n) is 7.90. The monoisotopic (exact) mass is 314 g/mol. The minimum Gasteiger partial charge on any atom is -0.388 e. The van der Waals surface area contributed by atoms with E-state index >= 15 is 0 Å². The second-order valence-corrected chi connectivity index (χ2v) is 5.70. The molecule has 3 rings (SSSR count). The lowest BCUT2D eigenvalue weighted by Crippen LogP contribution is -2.35. The van der Waals surface area contributed by atoms with Crippen molar-refractivity contribution in [3.05, 3.63) is 71.8 Å². The molecule has 23 heavy (non-hydrogen) atoms. The fourth-order valence-corrected chi connectivity index (χ4v) is 2.65. The number of ether oxygens (including phenoxy) is 3. The molecule has 0 amide bonds. The molecule has 0 spiro atoms. The zero-order valence-electron chi connectivity index (χ0n) is 13.0. The lowest BCUT2D eigenvalue weighted by molar-refractivity contribution is -0.0741. The molecule has 1 fully saturated rings. The Labute approximate surface area is 136 Å². The average Bonchev–Trinajstić information content (AvgIpc) is 2.95. The summed E-state index contributed by atoms with van der Waals surface area (Å²) in [7, 11) is 0. The highest BCUT2D eigenvalue weighted by atomic mass is 16.6. The molecular formula is C19H22O4. The van der Waals surface area contributed by atoms with Crippen molar-refractivity contribution in [3.8, 4) is 0 Å². The second kappa shape index (κ2) is 8.22. The van der Waals surface area contributed by atoms with E-state index in [0.717, 1.165) is 11.1 Å². The highest BCUT2D eigenvalue weighted by Gasteiger charge is 2.37. The summed E-state index contributed by atoms with van der Waals surface area (Å²) in [6.07, 6.45) is -1.20. The van der Waals surface area contributed by atoms with E-state index in [-0.39, 0.29) is 12.2 Å². The molecule has 3 unspecified atom stereocenters. The van der Waals surface area contributed by atoms with E-state index in [4.69, 9.17) is 14.2 Å². The molecule has 2 aromatic rings. The minimum atomic E-state index is -0.607. The number of hydrogen-bond donors (Lipinski definition) is 1. The maximum absolute atomic E-state index is 10.0. The predicted molar refractivity (Wildman–Crippen MR) is 86.9 cm³/mol. The topological polar surface area (TPSA) is 47.9 Å². The van der Waals surface area contributed by atoms with Gasteiger partial charge in [-0.15, -0.1) is 0 Å². The van der Waals surface area contributed by atoms with Crippen LogP contribution in [-0.2, 0) is 27.4 Å². The number of rotatable bonds is 7. The molecule has 0 saturated carbocycles. The molecule has 122 valence electrons. The van der Waals surface area contributed by atoms with Gasteiger partial charge in [-0.1, -0.05) is 60.7 Å². The van der Waals surface area contributed by atoms with Gasteiger partial charge in [-0.05, 0) is 11.1 Å². The lowest BCUT2D eigenvalue weighted by atomic mass is 10.1. The van der Waals surface area contributed by atoms with Gasteiger partial charge < -0.3 is 19.3 Å². The number of aliphatic hydroxyl groups is 1. The summed E-state index contributed by atoms with van der Waals surface area (Å²) in [5, 5.41) is 10.0. The van der Waals surface area contributed by atoms with Gasteiger partial charge in [0.05, 0.1) is 26.4 Å². The van der Waals surface area contributed by atoms with E-state index < -0.39 is 6.10 Å². The van der Waals surface area contributed by atoms with Crippen LogP contribution in [0.2, 0.25) is 0 Å². The summed E-state index contributed by atoms with van der Waals surface area (Å²) in [4.78, 5) is 0. The molecule has 3 atom stereocenters. The third-order valence-electron chi connectivity index (χ3n) is 3.91. The predicted octanol–water partition coefficient (Wildman–Crippen LogP) is 2.55. The van der Waals surface area contributed by atoms with Crippen LogP contribution in [0.1, 0.15) is 11.1 Å². The second-order valence-electron chi connectivity index (χ2n) is 5.70. The molecule has 1 aliphatic rings. The summed E-state index contributed by atoms with van der Waals surface area (Å²) >= 11 is 0. The summed E-state index contributed by atoms with van der Waals surface area (Å²) in [5.41, 5.74) is 2.20. The van der Waals surface area contributed by atoms with Gasteiger partial charge in [0.15, 0.2) is 0 Å². The molecule has 1 N–H and O–H groups in total. The van der Waals surface area contributed by atoms with E-state index in [1.165, 1.54) is 0 Å². The van der Waals surface area contributed by atoms with Crippen LogP contribution in [0.4, 0.5) is 0 Å². The van der Waals surface area contributed by atoms with Crippen LogP contribution in [0, 0.1) is 0 Å². The van der Waals surface area contributed by atoms with Crippen LogP contribution in [0.25, 0.3) is 0 Å². The Morgan fingerprint density at radius 1 is 0.913 bits per heavy atom. The molecular weight excluding hydrogens is 292 g/mol. The van der Waals surface area contributed by atoms with Crippen LogP contribution >= 0.6 is 0 Å². The van der Waals surface area contributed by atoms with Gasteiger partial charge >= 0.3 is 0 Å². The molecule has 1 saturated heterocycles. The SMILES string of the molecule is OC1COC(COCc2ccccc2)C1OCc1ccccc1. The number of hydrogen-bond acceptors (Lipinski definition) is 4. The van der Waals surface area contributed by atoms with Crippen molar-refractivity contribution in [1.82, 2.24) is 0 Å². The van der Waals surface area contributed by atoms with E-state index in [2.05, 4.69) is 0 Å². The van der Waals surface area contributed by atoms with Crippen LogP contribution in [0.5, 0.6) is 0 Å². The van der Waals surface area contributed by atoms with Crippen molar-refractivity contribution in [2.75, 3.05) is 13.2 Å². The average molecular weight is 314 g/mol. The van der Waals surface area contributed by atoms with Gasteiger partial charge in [-0.2, -0.15) is 0 Å². The van der Waals surface area contributed by atoms with E-state index in [0.29, 0.717) is 26.4 Å². The quantitative estimate of drug-likeness (QED) is 0.853. The number of benzene rings is 2. The molecule has 0 aromatic heterocycles. The van der Waals surface area contributed by atoms with Crippen molar-refractivity contribution >= 4 is 0 Å². The van der Waals surface area contributed by atoms with Gasteiger partial charge in [0.25, 0.3) is 0 Å². The van der Waals surface area contributed by atoms with E-state index in [9.17, 15) is 5.11 Å². The zero-order chi connectivity index (χ0) is 15.9. The Bertz CT molecular complexity index is 572. The molecule has 2 aromatic carbocycles. The standard InChI is InChI=1S/C19H22O4/c20-17-13-22-18(14-21-11-15-7-3-1-4-8-15)19(17)23-12-16-9-5-2-6-10-16/h1-10,17-20H,11-14H2. The largest absolute Gasteiger partial charge is 0.388 e. The third-order valence-corrected chi connectivity index (χ3v) is 3.91. The Kier molecular flexibility index (Phi) is 5.77. The lowest BCUT2D eigenvalue weighted by Gasteiger charge is -2.21. The summed E-state index contributed by atoms with van der Waals surface area (Å²) < 4.78 is 17.2. The fourth-order valence-electron chi connectivity index (χ4n) is 2.65. The van der Waals surface area contributed by atoms with Gasteiger partial charge in [0.2, 0.25) is 0 Å². The first-order valence-corrected chi connectivity index (χ1v) is 7.90.